The number of carbonyl (C=O) groups is 1. The summed E-state index contributed by atoms with van der Waals surface area (Å²) in [4.78, 5) is 14.7. The highest BCUT2D eigenvalue weighted by molar-refractivity contribution is 5.92. The van der Waals surface area contributed by atoms with Crippen LogP contribution in [0.25, 0.3) is 0 Å². The number of benzene rings is 2. The summed E-state index contributed by atoms with van der Waals surface area (Å²) in [6.45, 7) is 4.31. The molecule has 5 N–H and O–H groups in total. The molecule has 1 amide bonds. The van der Waals surface area contributed by atoms with Crippen molar-refractivity contribution in [1.29, 1.82) is 0 Å². The van der Waals surface area contributed by atoms with E-state index in [4.69, 9.17) is 16.2 Å². The van der Waals surface area contributed by atoms with Gasteiger partial charge in [0.2, 0.25) is 0 Å². The molecule has 1 atom stereocenters. The maximum atomic E-state index is 13.3. The maximum Gasteiger partial charge on any atom is 0.252 e. The number of nitrogens with two attached hydrogens (primary N) is 2. The average Bonchev–Trinajstić information content (AvgIpc) is 2.76. The number of amides is 1. The lowest BCUT2D eigenvalue weighted by Crippen LogP contribution is -2.55. The second kappa shape index (κ2) is 9.73. The van der Waals surface area contributed by atoms with Crippen molar-refractivity contribution in [1.82, 2.24) is 10.2 Å². The molecule has 1 unspecified atom stereocenters. The van der Waals surface area contributed by atoms with E-state index in [1.165, 1.54) is 11.1 Å². The van der Waals surface area contributed by atoms with Crippen LogP contribution in [-0.4, -0.2) is 31.6 Å². The topological polar surface area (TPSA) is 93.6 Å². The normalized spacial score (nSPS) is 13.5. The molecular weight excluding hydrogens is 352 g/mol. The van der Waals surface area contributed by atoms with E-state index in [9.17, 15) is 4.79 Å². The Hall–Kier alpha value is -3.09. The fourth-order valence-electron chi connectivity index (χ4n) is 3.08. The van der Waals surface area contributed by atoms with Crippen LogP contribution in [0.15, 0.2) is 79.0 Å². The van der Waals surface area contributed by atoms with Gasteiger partial charge in [0, 0.05) is 12.6 Å². The lowest BCUT2D eigenvalue weighted by Gasteiger charge is -2.36. The minimum atomic E-state index is -1.23. The van der Waals surface area contributed by atoms with Crippen LogP contribution in [0.5, 0.6) is 5.75 Å². The molecule has 2 aromatic rings. The van der Waals surface area contributed by atoms with E-state index in [1.807, 2.05) is 54.6 Å². The van der Waals surface area contributed by atoms with Crippen molar-refractivity contribution in [3.8, 4) is 5.75 Å². The molecule has 0 spiro atoms. The Kier molecular flexibility index (Phi) is 7.37. The third-order valence-electron chi connectivity index (χ3n) is 4.66. The molecule has 0 saturated heterocycles. The summed E-state index contributed by atoms with van der Waals surface area (Å²) in [7, 11) is 3.34. The van der Waals surface area contributed by atoms with Crippen LogP contribution in [0, 0.1) is 0 Å². The quantitative estimate of drug-likeness (QED) is 0.457. The number of rotatable bonds is 9. The highest BCUT2D eigenvalue weighted by Gasteiger charge is 2.43. The Balaban J connectivity index is 2.45. The molecule has 0 aliphatic carbocycles. The van der Waals surface area contributed by atoms with Gasteiger partial charge in [0.1, 0.15) is 12.4 Å². The molecule has 0 aromatic heterocycles. The van der Waals surface area contributed by atoms with Crippen LogP contribution in [0.3, 0.4) is 0 Å². The number of nitrogens with zero attached hydrogens (tertiary/aromatic N) is 1. The molecular formula is C22H28N4O2. The van der Waals surface area contributed by atoms with E-state index < -0.39 is 5.54 Å². The van der Waals surface area contributed by atoms with Crippen molar-refractivity contribution in [2.24, 2.45) is 11.5 Å². The van der Waals surface area contributed by atoms with Gasteiger partial charge in [-0.15, -0.1) is 0 Å². The molecule has 28 heavy (non-hydrogen) atoms. The van der Waals surface area contributed by atoms with Crippen LogP contribution < -0.4 is 21.5 Å². The molecule has 0 aliphatic rings. The summed E-state index contributed by atoms with van der Waals surface area (Å²) in [5, 5.41) is 3.13. The van der Waals surface area contributed by atoms with Gasteiger partial charge in [-0.25, -0.2) is 0 Å². The van der Waals surface area contributed by atoms with Crippen LogP contribution >= 0.6 is 0 Å². The largest absolute Gasteiger partial charge is 0.489 e. The number of nitrogens with one attached hydrogen (secondary N) is 1. The third kappa shape index (κ3) is 4.24. The zero-order chi connectivity index (χ0) is 20.6. The van der Waals surface area contributed by atoms with E-state index in [0.717, 1.165) is 5.56 Å². The molecule has 0 radical (unpaired) electrons. The Morgan fingerprint density at radius 3 is 2.54 bits per heavy atom. The number of carbonyl (C=O) groups excluding carboxylic acids is 1. The Morgan fingerprint density at radius 1 is 1.25 bits per heavy atom. The molecule has 0 saturated carbocycles. The highest BCUT2D eigenvalue weighted by Crippen LogP contribution is 2.33. The van der Waals surface area contributed by atoms with Crippen molar-refractivity contribution in [2.75, 3.05) is 20.8 Å². The molecule has 0 aliphatic heterocycles. The Labute approximate surface area is 166 Å². The van der Waals surface area contributed by atoms with Gasteiger partial charge in [0.15, 0.2) is 5.54 Å². The smallest absolute Gasteiger partial charge is 0.252 e. The van der Waals surface area contributed by atoms with Crippen molar-refractivity contribution < 1.29 is 9.53 Å². The highest BCUT2D eigenvalue weighted by atomic mass is 16.5. The average molecular weight is 380 g/mol. The van der Waals surface area contributed by atoms with Crippen molar-refractivity contribution >= 4 is 5.91 Å². The first kappa shape index (κ1) is 21.2. The number of ether oxygens (including phenoxy) is 1. The molecule has 0 fully saturated rings. The van der Waals surface area contributed by atoms with Gasteiger partial charge >= 0.3 is 0 Å². The standard InChI is InChI=1S/C22H28N4O2/c1-4-18(14-23)22(25-2,21(27)26(3)16-24)19-11-8-12-20(13-19)28-15-17-9-6-5-7-10-17/h4-14,25H,1,15-16,23-24H2,2-3H3/b18-14+. The van der Waals surface area contributed by atoms with Gasteiger partial charge in [-0.05, 0) is 36.5 Å². The fourth-order valence-corrected chi connectivity index (χ4v) is 3.08. The first-order valence-corrected chi connectivity index (χ1v) is 9.00. The van der Waals surface area contributed by atoms with E-state index >= 15 is 0 Å². The van der Waals surface area contributed by atoms with E-state index in [-0.39, 0.29) is 12.6 Å². The zero-order valence-electron chi connectivity index (χ0n) is 16.4. The Bertz CT molecular complexity index is 835. The van der Waals surface area contributed by atoms with Gasteiger partial charge < -0.3 is 21.1 Å². The van der Waals surface area contributed by atoms with Gasteiger partial charge in [-0.3, -0.25) is 10.1 Å². The summed E-state index contributed by atoms with van der Waals surface area (Å²) in [5.41, 5.74) is 12.6. The summed E-state index contributed by atoms with van der Waals surface area (Å²) >= 11 is 0. The number of hydrogen-bond acceptors (Lipinski definition) is 5. The monoisotopic (exact) mass is 380 g/mol. The van der Waals surface area contributed by atoms with E-state index in [2.05, 4.69) is 11.9 Å². The second-order valence-electron chi connectivity index (χ2n) is 6.31. The first-order chi connectivity index (χ1) is 13.5. The van der Waals surface area contributed by atoms with Crippen LogP contribution in [0.4, 0.5) is 0 Å². The fraction of sp³-hybridized carbons (Fsp3) is 0.227. The predicted octanol–water partition coefficient (Wildman–Crippen LogP) is 2.08. The van der Waals surface area contributed by atoms with Gasteiger partial charge in [0.05, 0.1) is 6.67 Å². The third-order valence-corrected chi connectivity index (χ3v) is 4.66. The summed E-state index contributed by atoms with van der Waals surface area (Å²) in [6.07, 6.45) is 2.94. The lowest BCUT2D eigenvalue weighted by atomic mass is 9.81. The summed E-state index contributed by atoms with van der Waals surface area (Å²) in [5.74, 6) is 0.402. The number of likely N-dealkylation sites (N-methyl/N-ethyl adjacent to an activating group) is 2. The van der Waals surface area contributed by atoms with Crippen molar-refractivity contribution in [2.45, 2.75) is 12.1 Å². The lowest BCUT2D eigenvalue weighted by molar-refractivity contribution is -0.135. The van der Waals surface area contributed by atoms with Gasteiger partial charge in [-0.2, -0.15) is 0 Å². The summed E-state index contributed by atoms with van der Waals surface area (Å²) in [6, 6.07) is 17.2. The molecule has 2 aromatic carbocycles. The Morgan fingerprint density at radius 2 is 1.96 bits per heavy atom. The molecule has 0 bridgehead atoms. The van der Waals surface area contributed by atoms with Crippen molar-refractivity contribution in [3.05, 3.63) is 90.2 Å². The second-order valence-corrected chi connectivity index (χ2v) is 6.31. The first-order valence-electron chi connectivity index (χ1n) is 9.00. The van der Waals surface area contributed by atoms with Crippen molar-refractivity contribution in [3.63, 3.8) is 0 Å². The molecule has 0 heterocycles. The van der Waals surface area contributed by atoms with Crippen LogP contribution in [-0.2, 0) is 16.9 Å². The molecule has 148 valence electrons. The van der Waals surface area contributed by atoms with E-state index in [0.29, 0.717) is 23.5 Å². The predicted molar refractivity (Wildman–Crippen MR) is 112 cm³/mol. The minimum absolute atomic E-state index is 0.0709. The maximum absolute atomic E-state index is 13.3. The van der Waals surface area contributed by atoms with Crippen LogP contribution in [0.1, 0.15) is 11.1 Å². The zero-order valence-corrected chi connectivity index (χ0v) is 16.4. The van der Waals surface area contributed by atoms with E-state index in [1.54, 1.807) is 20.2 Å². The minimum Gasteiger partial charge on any atom is -0.489 e. The molecule has 6 nitrogen and oxygen atoms in total. The molecule has 2 rings (SSSR count). The van der Waals surface area contributed by atoms with Crippen LogP contribution in [0.2, 0.25) is 0 Å². The number of hydrogen-bond donors (Lipinski definition) is 3. The van der Waals surface area contributed by atoms with Gasteiger partial charge in [0.25, 0.3) is 5.91 Å². The molecule has 6 heteroatoms. The SMILES string of the molecule is C=C/C(=C\N)C(NC)(C(=O)N(C)CN)c1cccc(OCc2ccccc2)c1. The summed E-state index contributed by atoms with van der Waals surface area (Å²) < 4.78 is 5.93. The van der Waals surface area contributed by atoms with Gasteiger partial charge in [-0.1, -0.05) is 55.1 Å².